The Bertz CT molecular complexity index is 1330. The van der Waals surface area contributed by atoms with Gasteiger partial charge in [0.25, 0.3) is 5.91 Å². The molecule has 0 saturated heterocycles. The van der Waals surface area contributed by atoms with Crippen molar-refractivity contribution in [1.82, 2.24) is 14.8 Å². The number of thiazole rings is 1. The second-order valence-corrected chi connectivity index (χ2v) is 9.18. The van der Waals surface area contributed by atoms with E-state index in [0.717, 1.165) is 33.2 Å². The lowest BCUT2D eigenvalue weighted by molar-refractivity contribution is 0.102. The lowest BCUT2D eigenvalue weighted by Crippen LogP contribution is -2.13. The Labute approximate surface area is 199 Å². The number of ether oxygens (including phenoxy) is 2. The first-order valence-electron chi connectivity index (χ1n) is 10.4. The van der Waals surface area contributed by atoms with Crippen LogP contribution in [0.25, 0.3) is 0 Å². The Morgan fingerprint density at radius 1 is 1.09 bits per heavy atom. The van der Waals surface area contributed by atoms with Crippen molar-refractivity contribution < 1.29 is 14.3 Å². The number of fused-ring (bicyclic) bond motifs is 1. The third-order valence-electron chi connectivity index (χ3n) is 5.38. The molecule has 2 aromatic carbocycles. The van der Waals surface area contributed by atoms with E-state index in [2.05, 4.69) is 15.4 Å². The Kier molecular flexibility index (Phi) is 5.78. The Balaban J connectivity index is 1.31. The molecule has 0 saturated carbocycles. The van der Waals surface area contributed by atoms with E-state index < -0.39 is 0 Å². The number of halogens is 1. The van der Waals surface area contributed by atoms with Crippen LogP contribution >= 0.6 is 22.9 Å². The number of anilines is 1. The van der Waals surface area contributed by atoms with E-state index in [-0.39, 0.29) is 12.7 Å². The highest BCUT2D eigenvalue weighted by molar-refractivity contribution is 7.15. The molecule has 0 radical (unpaired) electrons. The van der Waals surface area contributed by atoms with Crippen molar-refractivity contribution in [2.75, 3.05) is 12.1 Å². The number of carbonyl (C=O) groups excluding carboxylic acids is 1. The van der Waals surface area contributed by atoms with Crippen LogP contribution in [0.1, 0.15) is 37.7 Å². The lowest BCUT2D eigenvalue weighted by atomic mass is 10.1. The largest absolute Gasteiger partial charge is 0.454 e. The number of rotatable bonds is 6. The Morgan fingerprint density at radius 3 is 2.70 bits per heavy atom. The van der Waals surface area contributed by atoms with Crippen molar-refractivity contribution in [2.45, 2.75) is 26.8 Å². The van der Waals surface area contributed by atoms with Gasteiger partial charge in [0.05, 0.1) is 23.5 Å². The second-order valence-electron chi connectivity index (χ2n) is 7.74. The maximum atomic E-state index is 13.0. The van der Waals surface area contributed by atoms with E-state index >= 15 is 0 Å². The number of amides is 1. The van der Waals surface area contributed by atoms with Gasteiger partial charge in [-0.25, -0.2) is 9.67 Å². The smallest absolute Gasteiger partial charge is 0.262 e. The molecule has 0 spiro atoms. The zero-order valence-electron chi connectivity index (χ0n) is 18.1. The summed E-state index contributed by atoms with van der Waals surface area (Å²) in [7, 11) is 0. The van der Waals surface area contributed by atoms with Gasteiger partial charge in [-0.15, -0.1) is 11.3 Å². The third kappa shape index (κ3) is 4.44. The molecule has 1 amide bonds. The molecule has 33 heavy (non-hydrogen) atoms. The van der Waals surface area contributed by atoms with Crippen LogP contribution in [0.3, 0.4) is 0 Å². The minimum atomic E-state index is -0.319. The summed E-state index contributed by atoms with van der Waals surface area (Å²) in [6.07, 6.45) is 0.685. The first-order chi connectivity index (χ1) is 16.0. The minimum Gasteiger partial charge on any atom is -0.454 e. The van der Waals surface area contributed by atoms with Gasteiger partial charge < -0.3 is 9.47 Å². The molecule has 0 bridgehead atoms. The SMILES string of the molecule is Cc1nc(NC(=O)c2c(C)nn(Cc3ccccc3)c2Cl)sc1Cc1ccc2c(c1)OCO2. The molecule has 7 nitrogen and oxygen atoms in total. The quantitative estimate of drug-likeness (QED) is 0.409. The van der Waals surface area contributed by atoms with E-state index in [1.54, 1.807) is 11.6 Å². The van der Waals surface area contributed by atoms with Gasteiger partial charge in [-0.1, -0.05) is 48.0 Å². The van der Waals surface area contributed by atoms with E-state index in [9.17, 15) is 4.79 Å². The molecule has 1 aliphatic rings. The molecular formula is C24H21ClN4O3S. The topological polar surface area (TPSA) is 78.3 Å². The fourth-order valence-corrected chi connectivity index (χ4v) is 5.03. The molecule has 0 atom stereocenters. The van der Waals surface area contributed by atoms with Crippen LogP contribution < -0.4 is 14.8 Å². The van der Waals surface area contributed by atoms with Crippen molar-refractivity contribution in [3.05, 3.63) is 86.6 Å². The standard InChI is InChI=1S/C24H21ClN4O3S/c1-14-20(11-17-8-9-18-19(10-17)32-13-31-18)33-24(26-14)27-23(30)21-15(2)28-29(22(21)25)12-16-6-4-3-5-7-16/h3-10H,11-13H2,1-2H3,(H,26,27,30). The minimum absolute atomic E-state index is 0.248. The number of carbonyl (C=O) groups is 1. The maximum absolute atomic E-state index is 13.0. The van der Waals surface area contributed by atoms with Gasteiger partial charge in [0.2, 0.25) is 6.79 Å². The molecule has 0 unspecified atom stereocenters. The summed E-state index contributed by atoms with van der Waals surface area (Å²) < 4.78 is 12.5. The molecule has 9 heteroatoms. The van der Waals surface area contributed by atoms with Crippen LogP contribution in [0.15, 0.2) is 48.5 Å². The Morgan fingerprint density at radius 2 is 1.88 bits per heavy atom. The van der Waals surface area contributed by atoms with Crippen molar-refractivity contribution in [3.63, 3.8) is 0 Å². The highest BCUT2D eigenvalue weighted by Gasteiger charge is 2.22. The zero-order valence-corrected chi connectivity index (χ0v) is 19.7. The number of aromatic nitrogens is 3. The monoisotopic (exact) mass is 480 g/mol. The highest BCUT2D eigenvalue weighted by atomic mass is 35.5. The van der Waals surface area contributed by atoms with E-state index in [1.165, 1.54) is 11.3 Å². The fraction of sp³-hybridized carbons (Fsp3) is 0.208. The number of nitrogens with one attached hydrogen (secondary N) is 1. The molecule has 168 valence electrons. The first-order valence-corrected chi connectivity index (χ1v) is 11.6. The average Bonchev–Trinajstić information content (AvgIpc) is 3.46. The van der Waals surface area contributed by atoms with Gasteiger partial charge in [-0.3, -0.25) is 10.1 Å². The van der Waals surface area contributed by atoms with E-state index in [4.69, 9.17) is 21.1 Å². The Hall–Kier alpha value is -3.36. The van der Waals surface area contributed by atoms with Crippen molar-refractivity contribution >= 4 is 34.0 Å². The number of hydrogen-bond acceptors (Lipinski definition) is 6. The van der Waals surface area contributed by atoms with Gasteiger partial charge in [-0.05, 0) is 37.1 Å². The predicted octanol–water partition coefficient (Wildman–Crippen LogP) is 5.23. The van der Waals surface area contributed by atoms with E-state index in [1.807, 2.05) is 55.5 Å². The van der Waals surface area contributed by atoms with Crippen LogP contribution in [0, 0.1) is 13.8 Å². The normalized spacial score (nSPS) is 12.2. The van der Waals surface area contributed by atoms with Gasteiger partial charge in [0.1, 0.15) is 5.15 Å². The van der Waals surface area contributed by atoms with Crippen molar-refractivity contribution in [1.29, 1.82) is 0 Å². The fourth-order valence-electron chi connectivity index (χ4n) is 3.71. The van der Waals surface area contributed by atoms with Crippen molar-refractivity contribution in [3.8, 4) is 11.5 Å². The van der Waals surface area contributed by atoms with Crippen LogP contribution in [0.2, 0.25) is 5.15 Å². The van der Waals surface area contributed by atoms with Gasteiger partial charge in [0.15, 0.2) is 16.6 Å². The summed E-state index contributed by atoms with van der Waals surface area (Å²) in [5, 5.41) is 8.19. The summed E-state index contributed by atoms with van der Waals surface area (Å²) in [6.45, 7) is 4.45. The van der Waals surface area contributed by atoms with Gasteiger partial charge in [-0.2, -0.15) is 5.10 Å². The molecular weight excluding hydrogens is 460 g/mol. The van der Waals surface area contributed by atoms with Crippen LogP contribution in [0.4, 0.5) is 5.13 Å². The second kappa shape index (κ2) is 8.88. The maximum Gasteiger partial charge on any atom is 0.262 e. The highest BCUT2D eigenvalue weighted by Crippen LogP contribution is 2.34. The zero-order chi connectivity index (χ0) is 22.9. The number of hydrogen-bond donors (Lipinski definition) is 1. The summed E-state index contributed by atoms with van der Waals surface area (Å²) in [6, 6.07) is 15.8. The molecule has 4 aromatic rings. The number of aryl methyl sites for hydroxylation is 2. The van der Waals surface area contributed by atoms with Crippen LogP contribution in [0.5, 0.6) is 11.5 Å². The molecule has 2 aromatic heterocycles. The number of benzene rings is 2. The molecule has 5 rings (SSSR count). The molecule has 0 aliphatic carbocycles. The molecule has 1 aliphatic heterocycles. The van der Waals surface area contributed by atoms with Crippen LogP contribution in [-0.2, 0) is 13.0 Å². The summed E-state index contributed by atoms with van der Waals surface area (Å²) >= 11 is 7.98. The van der Waals surface area contributed by atoms with Gasteiger partial charge >= 0.3 is 0 Å². The van der Waals surface area contributed by atoms with E-state index in [0.29, 0.717) is 34.5 Å². The third-order valence-corrected chi connectivity index (χ3v) is 6.84. The summed E-state index contributed by atoms with van der Waals surface area (Å²) in [4.78, 5) is 18.6. The first kappa shape index (κ1) is 21.5. The average molecular weight is 481 g/mol. The predicted molar refractivity (Wildman–Crippen MR) is 128 cm³/mol. The molecule has 0 fully saturated rings. The summed E-state index contributed by atoms with van der Waals surface area (Å²) in [5.74, 6) is 1.19. The number of nitrogens with zero attached hydrogens (tertiary/aromatic N) is 3. The molecule has 1 N–H and O–H groups in total. The van der Waals surface area contributed by atoms with Gasteiger partial charge in [0, 0.05) is 11.3 Å². The van der Waals surface area contributed by atoms with Crippen LogP contribution in [-0.4, -0.2) is 27.5 Å². The molecule has 3 heterocycles. The summed E-state index contributed by atoms with van der Waals surface area (Å²) in [5.41, 5.74) is 3.94. The van der Waals surface area contributed by atoms with Crippen molar-refractivity contribution in [2.24, 2.45) is 0 Å². The lowest BCUT2D eigenvalue weighted by Gasteiger charge is -2.04.